The second-order valence-corrected chi connectivity index (χ2v) is 4.02. The fraction of sp³-hybridized carbons (Fsp3) is 0.273. The molecule has 0 amide bonds. The molecule has 1 aromatic carbocycles. The molecule has 0 aliphatic heterocycles. The lowest BCUT2D eigenvalue weighted by molar-refractivity contribution is 0.420. The molecule has 0 radical (unpaired) electrons. The van der Waals surface area contributed by atoms with E-state index in [9.17, 15) is 8.78 Å². The van der Waals surface area contributed by atoms with E-state index in [-0.39, 0.29) is 16.8 Å². The van der Waals surface area contributed by atoms with Crippen LogP contribution in [0.25, 0.3) is 11.5 Å². The lowest BCUT2D eigenvalue weighted by Gasteiger charge is -1.97. The Morgan fingerprint density at radius 3 is 2.53 bits per heavy atom. The molecule has 90 valence electrons. The van der Waals surface area contributed by atoms with E-state index in [1.54, 1.807) is 0 Å². The summed E-state index contributed by atoms with van der Waals surface area (Å²) < 4.78 is 30.9. The predicted molar refractivity (Wildman–Crippen MR) is 58.5 cm³/mol. The highest BCUT2D eigenvalue weighted by Crippen LogP contribution is 2.25. The van der Waals surface area contributed by atoms with Crippen LogP contribution in [0.5, 0.6) is 0 Å². The number of hydrogen-bond acceptors (Lipinski definition) is 3. The molecule has 0 saturated carbocycles. The van der Waals surface area contributed by atoms with E-state index in [0.29, 0.717) is 12.2 Å². The minimum atomic E-state index is -0.697. The van der Waals surface area contributed by atoms with Crippen LogP contribution in [-0.2, 0) is 0 Å². The normalized spacial score (nSPS) is 12.7. The summed E-state index contributed by atoms with van der Waals surface area (Å²) in [7, 11) is 0. The summed E-state index contributed by atoms with van der Waals surface area (Å²) in [4.78, 5) is 3.99. The number of hydrogen-bond donors (Lipinski definition) is 0. The smallest absolute Gasteiger partial charge is 0.258 e. The maximum Gasteiger partial charge on any atom is 0.258 e. The van der Waals surface area contributed by atoms with Gasteiger partial charge in [-0.15, -0.1) is 11.6 Å². The highest BCUT2D eigenvalue weighted by Gasteiger charge is 2.15. The van der Waals surface area contributed by atoms with Crippen LogP contribution in [0.3, 0.4) is 0 Å². The van der Waals surface area contributed by atoms with Gasteiger partial charge < -0.3 is 4.52 Å². The van der Waals surface area contributed by atoms with Crippen LogP contribution in [0, 0.1) is 11.6 Å². The van der Waals surface area contributed by atoms with Gasteiger partial charge >= 0.3 is 0 Å². The number of halogens is 3. The van der Waals surface area contributed by atoms with Crippen LogP contribution in [0.15, 0.2) is 22.7 Å². The third-order valence-corrected chi connectivity index (χ3v) is 2.69. The van der Waals surface area contributed by atoms with Crippen molar-refractivity contribution < 1.29 is 13.3 Å². The van der Waals surface area contributed by atoms with Crippen molar-refractivity contribution >= 4 is 11.6 Å². The van der Waals surface area contributed by atoms with Gasteiger partial charge in [0.15, 0.2) is 5.82 Å². The Balaban J connectivity index is 2.36. The van der Waals surface area contributed by atoms with E-state index < -0.39 is 11.6 Å². The molecule has 1 aromatic heterocycles. The zero-order chi connectivity index (χ0) is 12.4. The first-order chi connectivity index (χ1) is 8.10. The molecule has 0 aliphatic carbocycles. The van der Waals surface area contributed by atoms with Gasteiger partial charge in [0.05, 0.1) is 5.38 Å². The van der Waals surface area contributed by atoms with E-state index in [0.717, 1.165) is 18.2 Å². The van der Waals surface area contributed by atoms with Crippen molar-refractivity contribution in [3.63, 3.8) is 0 Å². The summed E-state index contributed by atoms with van der Waals surface area (Å²) >= 11 is 5.92. The van der Waals surface area contributed by atoms with Gasteiger partial charge in [-0.3, -0.25) is 0 Å². The van der Waals surface area contributed by atoms with E-state index in [1.165, 1.54) is 0 Å². The molecule has 0 spiro atoms. The number of benzene rings is 1. The average molecular weight is 259 g/mol. The molecule has 17 heavy (non-hydrogen) atoms. The molecule has 2 aromatic rings. The quantitative estimate of drug-likeness (QED) is 0.788. The lowest BCUT2D eigenvalue weighted by atomic mass is 10.2. The third-order valence-electron chi connectivity index (χ3n) is 2.19. The number of aromatic nitrogens is 2. The molecule has 0 aliphatic rings. The van der Waals surface area contributed by atoms with Gasteiger partial charge in [-0.2, -0.15) is 4.98 Å². The number of nitrogens with zero attached hydrogens (tertiary/aromatic N) is 2. The van der Waals surface area contributed by atoms with Crippen molar-refractivity contribution in [3.8, 4) is 11.5 Å². The maximum absolute atomic E-state index is 13.0. The van der Waals surface area contributed by atoms with Crippen molar-refractivity contribution in [1.29, 1.82) is 0 Å². The second kappa shape index (κ2) is 4.79. The lowest BCUT2D eigenvalue weighted by Crippen LogP contribution is -1.91. The Hall–Kier alpha value is -1.49. The first kappa shape index (κ1) is 12.0. The van der Waals surface area contributed by atoms with Gasteiger partial charge in [0.1, 0.15) is 11.6 Å². The van der Waals surface area contributed by atoms with Crippen LogP contribution >= 0.6 is 11.6 Å². The molecule has 0 bridgehead atoms. The van der Waals surface area contributed by atoms with E-state index >= 15 is 0 Å². The molecule has 0 N–H and O–H groups in total. The Labute approximate surface area is 101 Å². The molecule has 6 heteroatoms. The van der Waals surface area contributed by atoms with Gasteiger partial charge in [-0.25, -0.2) is 8.78 Å². The van der Waals surface area contributed by atoms with Crippen molar-refractivity contribution in [2.75, 3.05) is 0 Å². The summed E-state index contributed by atoms with van der Waals surface area (Å²) in [6.45, 7) is 1.87. The summed E-state index contributed by atoms with van der Waals surface area (Å²) in [5, 5.41) is 3.29. The molecule has 1 atom stereocenters. The SMILES string of the molecule is CCC(Cl)c1noc(-c2cc(F)cc(F)c2)n1. The van der Waals surface area contributed by atoms with Crippen LogP contribution in [-0.4, -0.2) is 10.1 Å². The Morgan fingerprint density at radius 2 is 1.94 bits per heavy atom. The predicted octanol–water partition coefficient (Wildman–Crippen LogP) is 3.70. The van der Waals surface area contributed by atoms with E-state index in [2.05, 4.69) is 10.1 Å². The molecule has 0 saturated heterocycles. The van der Waals surface area contributed by atoms with Gasteiger partial charge in [-0.1, -0.05) is 12.1 Å². The van der Waals surface area contributed by atoms with Crippen molar-refractivity contribution in [1.82, 2.24) is 10.1 Å². The van der Waals surface area contributed by atoms with Crippen molar-refractivity contribution in [3.05, 3.63) is 35.7 Å². The van der Waals surface area contributed by atoms with Crippen LogP contribution in [0.4, 0.5) is 8.78 Å². The van der Waals surface area contributed by atoms with Gasteiger partial charge in [-0.05, 0) is 18.6 Å². The summed E-state index contributed by atoms with van der Waals surface area (Å²) in [6.07, 6.45) is 0.637. The molecule has 3 nitrogen and oxygen atoms in total. The zero-order valence-corrected chi connectivity index (χ0v) is 9.71. The highest BCUT2D eigenvalue weighted by molar-refractivity contribution is 6.20. The monoisotopic (exact) mass is 258 g/mol. The first-order valence-electron chi connectivity index (χ1n) is 5.04. The Kier molecular flexibility index (Phi) is 3.38. The minimum Gasteiger partial charge on any atom is -0.334 e. The molecule has 2 rings (SSSR count). The Bertz CT molecular complexity index is 510. The maximum atomic E-state index is 13.0. The average Bonchev–Trinajstić information content (AvgIpc) is 2.76. The number of rotatable bonds is 3. The summed E-state index contributed by atoms with van der Waals surface area (Å²) in [5.41, 5.74) is 0.196. The Morgan fingerprint density at radius 1 is 1.29 bits per heavy atom. The van der Waals surface area contributed by atoms with Crippen molar-refractivity contribution in [2.24, 2.45) is 0 Å². The zero-order valence-electron chi connectivity index (χ0n) is 8.95. The number of alkyl halides is 1. The van der Waals surface area contributed by atoms with Crippen LogP contribution in [0.2, 0.25) is 0 Å². The molecule has 0 fully saturated rings. The van der Waals surface area contributed by atoms with E-state index in [1.807, 2.05) is 6.92 Å². The van der Waals surface area contributed by atoms with Gasteiger partial charge in [0, 0.05) is 11.6 Å². The fourth-order valence-corrected chi connectivity index (χ4v) is 1.43. The fourth-order valence-electron chi connectivity index (χ4n) is 1.34. The van der Waals surface area contributed by atoms with Gasteiger partial charge in [0.25, 0.3) is 5.89 Å². The standard InChI is InChI=1S/C11H9ClF2N2O/c1-2-9(12)10-15-11(17-16-10)6-3-7(13)5-8(14)4-6/h3-5,9H,2H2,1H3. The van der Waals surface area contributed by atoms with Gasteiger partial charge in [0.2, 0.25) is 0 Å². The third kappa shape index (κ3) is 2.61. The first-order valence-corrected chi connectivity index (χ1v) is 5.48. The molecule has 1 unspecified atom stereocenters. The molecular weight excluding hydrogens is 250 g/mol. The summed E-state index contributed by atoms with van der Waals surface area (Å²) in [6, 6.07) is 3.02. The highest BCUT2D eigenvalue weighted by atomic mass is 35.5. The summed E-state index contributed by atoms with van der Waals surface area (Å²) in [5.74, 6) is -1.03. The van der Waals surface area contributed by atoms with Crippen LogP contribution in [0.1, 0.15) is 24.5 Å². The largest absolute Gasteiger partial charge is 0.334 e. The minimum absolute atomic E-state index is 0.0532. The second-order valence-electron chi connectivity index (χ2n) is 3.49. The topological polar surface area (TPSA) is 38.9 Å². The van der Waals surface area contributed by atoms with E-state index in [4.69, 9.17) is 16.1 Å². The van der Waals surface area contributed by atoms with Crippen LogP contribution < -0.4 is 0 Å². The molecular formula is C11H9ClF2N2O. The van der Waals surface area contributed by atoms with Crippen molar-refractivity contribution in [2.45, 2.75) is 18.7 Å². The molecule has 1 heterocycles.